The third-order valence-electron chi connectivity index (χ3n) is 7.43. The number of hydrogen-bond acceptors (Lipinski definition) is 6. The van der Waals surface area contributed by atoms with E-state index in [1.54, 1.807) is 0 Å². The second kappa shape index (κ2) is 9.35. The van der Waals surface area contributed by atoms with Gasteiger partial charge in [-0.25, -0.2) is 9.48 Å². The molecule has 10 heteroatoms. The summed E-state index contributed by atoms with van der Waals surface area (Å²) in [5.74, 6) is 0.0672. The van der Waals surface area contributed by atoms with Gasteiger partial charge in [-0.05, 0) is 32.1 Å². The minimum Gasteiger partial charge on any atom is -0.381 e. The van der Waals surface area contributed by atoms with Crippen molar-refractivity contribution >= 4 is 11.9 Å². The summed E-state index contributed by atoms with van der Waals surface area (Å²) in [6.45, 7) is 3.88. The molecule has 4 heterocycles. The zero-order valence-corrected chi connectivity index (χ0v) is 18.7. The Balaban J connectivity index is 1.14. The number of hydrogen-bond donors (Lipinski definition) is 2. The van der Waals surface area contributed by atoms with Gasteiger partial charge < -0.3 is 25.0 Å². The number of carbonyl (C=O) groups excluding carboxylic acids is 2. The van der Waals surface area contributed by atoms with E-state index in [4.69, 9.17) is 9.47 Å². The highest BCUT2D eigenvalue weighted by atomic mass is 16.5. The highest BCUT2D eigenvalue weighted by Crippen LogP contribution is 2.33. The van der Waals surface area contributed by atoms with Crippen molar-refractivity contribution in [3.8, 4) is 0 Å². The second-order valence-electron chi connectivity index (χ2n) is 9.67. The third kappa shape index (κ3) is 4.61. The topological polar surface area (TPSA) is 111 Å². The maximum Gasteiger partial charge on any atom is 0.317 e. The number of likely N-dealkylation sites (tertiary alicyclic amines) is 1. The average Bonchev–Trinajstić information content (AvgIpc) is 3.43. The number of nitrogens with one attached hydrogen (secondary N) is 2. The fourth-order valence-electron chi connectivity index (χ4n) is 5.38. The number of fused-ring (bicyclic) bond motifs is 1. The minimum absolute atomic E-state index is 0.0129. The summed E-state index contributed by atoms with van der Waals surface area (Å²) in [5.41, 5.74) is 1.26. The first-order valence-corrected chi connectivity index (χ1v) is 12.1. The van der Waals surface area contributed by atoms with Crippen LogP contribution in [-0.2, 0) is 34.0 Å². The maximum absolute atomic E-state index is 12.7. The fraction of sp³-hybridized carbons (Fsp3) is 0.818. The van der Waals surface area contributed by atoms with Crippen LogP contribution in [0.3, 0.4) is 0 Å². The molecule has 3 aliphatic heterocycles. The molecule has 1 atom stereocenters. The number of aromatic nitrogens is 3. The number of rotatable bonds is 4. The Hall–Kier alpha value is -2.20. The molecule has 2 saturated heterocycles. The van der Waals surface area contributed by atoms with E-state index in [-0.39, 0.29) is 17.9 Å². The Morgan fingerprint density at radius 2 is 1.91 bits per heavy atom. The molecule has 176 valence electrons. The molecule has 0 radical (unpaired) electrons. The zero-order valence-electron chi connectivity index (χ0n) is 18.7. The molecular weight excluding hydrogens is 412 g/mol. The molecule has 5 rings (SSSR count). The van der Waals surface area contributed by atoms with Gasteiger partial charge in [0.1, 0.15) is 11.3 Å². The van der Waals surface area contributed by atoms with Gasteiger partial charge in [-0.2, -0.15) is 0 Å². The standard InChI is InChI=1S/C22H34N6O4/c29-20(16-6-10-31-11-7-16)23-12-18-19-13-32-22(15-28(19)26-25-18)8-9-27(14-22)21(30)24-17-4-2-1-3-5-17/h16-17H,1-15H2,(H,23,29)(H,24,30). The van der Waals surface area contributed by atoms with Crippen molar-refractivity contribution in [2.24, 2.45) is 5.92 Å². The number of carbonyl (C=O) groups is 2. The van der Waals surface area contributed by atoms with Gasteiger partial charge in [0.15, 0.2) is 0 Å². The van der Waals surface area contributed by atoms with Crippen molar-refractivity contribution in [3.05, 3.63) is 11.4 Å². The smallest absolute Gasteiger partial charge is 0.317 e. The van der Waals surface area contributed by atoms with Crippen LogP contribution in [0.1, 0.15) is 62.8 Å². The Bertz CT molecular complexity index is 832. The minimum atomic E-state index is -0.410. The molecule has 3 fully saturated rings. The van der Waals surface area contributed by atoms with Crippen LogP contribution in [-0.4, -0.2) is 69.8 Å². The lowest BCUT2D eigenvalue weighted by molar-refractivity contribution is -0.128. The van der Waals surface area contributed by atoms with Crippen molar-refractivity contribution < 1.29 is 19.1 Å². The van der Waals surface area contributed by atoms with Crippen molar-refractivity contribution in [1.29, 1.82) is 0 Å². The van der Waals surface area contributed by atoms with Crippen LogP contribution in [0.5, 0.6) is 0 Å². The summed E-state index contributed by atoms with van der Waals surface area (Å²) in [7, 11) is 0. The van der Waals surface area contributed by atoms with Gasteiger partial charge in [0.2, 0.25) is 5.91 Å². The molecule has 10 nitrogen and oxygen atoms in total. The molecular formula is C22H34N6O4. The van der Waals surface area contributed by atoms with Crippen LogP contribution < -0.4 is 10.6 Å². The number of amides is 3. The van der Waals surface area contributed by atoms with E-state index in [1.807, 2.05) is 9.58 Å². The molecule has 1 aromatic rings. The summed E-state index contributed by atoms with van der Waals surface area (Å²) in [5, 5.41) is 14.8. The summed E-state index contributed by atoms with van der Waals surface area (Å²) < 4.78 is 13.5. The molecule has 4 aliphatic rings. The van der Waals surface area contributed by atoms with Gasteiger partial charge in [0.25, 0.3) is 0 Å². The fourth-order valence-corrected chi connectivity index (χ4v) is 5.38. The molecule has 1 aliphatic carbocycles. The van der Waals surface area contributed by atoms with E-state index in [1.165, 1.54) is 19.3 Å². The lowest BCUT2D eigenvalue weighted by atomic mass is 9.96. The zero-order chi connectivity index (χ0) is 22.0. The van der Waals surface area contributed by atoms with Crippen LogP contribution in [0.2, 0.25) is 0 Å². The van der Waals surface area contributed by atoms with Crippen molar-refractivity contribution in [1.82, 2.24) is 30.5 Å². The lowest BCUT2D eigenvalue weighted by Crippen LogP contribution is -2.49. The van der Waals surface area contributed by atoms with Crippen molar-refractivity contribution in [2.75, 3.05) is 26.3 Å². The quantitative estimate of drug-likeness (QED) is 0.722. The summed E-state index contributed by atoms with van der Waals surface area (Å²) >= 11 is 0. The highest BCUT2D eigenvalue weighted by molar-refractivity contribution is 5.78. The predicted octanol–water partition coefficient (Wildman–Crippen LogP) is 1.34. The first kappa shape index (κ1) is 21.6. The number of urea groups is 1. The monoisotopic (exact) mass is 446 g/mol. The lowest BCUT2D eigenvalue weighted by Gasteiger charge is -2.34. The van der Waals surface area contributed by atoms with E-state index in [0.717, 1.165) is 43.5 Å². The van der Waals surface area contributed by atoms with Gasteiger partial charge in [-0.15, -0.1) is 5.10 Å². The van der Waals surface area contributed by atoms with Crippen LogP contribution in [0.15, 0.2) is 0 Å². The van der Waals surface area contributed by atoms with Crippen LogP contribution in [0.25, 0.3) is 0 Å². The first-order valence-electron chi connectivity index (χ1n) is 12.1. The third-order valence-corrected chi connectivity index (χ3v) is 7.43. The molecule has 1 spiro atoms. The maximum atomic E-state index is 12.7. The summed E-state index contributed by atoms with van der Waals surface area (Å²) in [6.07, 6.45) is 8.16. The van der Waals surface area contributed by atoms with Crippen LogP contribution in [0.4, 0.5) is 4.79 Å². The Morgan fingerprint density at radius 1 is 1.09 bits per heavy atom. The molecule has 1 unspecified atom stereocenters. The summed E-state index contributed by atoms with van der Waals surface area (Å²) in [6, 6.07) is 0.333. The van der Waals surface area contributed by atoms with Crippen LogP contribution >= 0.6 is 0 Å². The second-order valence-corrected chi connectivity index (χ2v) is 9.67. The van der Waals surface area contributed by atoms with E-state index >= 15 is 0 Å². The molecule has 2 N–H and O–H groups in total. The average molecular weight is 447 g/mol. The van der Waals surface area contributed by atoms with Gasteiger partial charge in [0.05, 0.1) is 31.9 Å². The molecule has 1 aromatic heterocycles. The molecule has 0 aromatic carbocycles. The summed E-state index contributed by atoms with van der Waals surface area (Å²) in [4.78, 5) is 27.0. The Labute approximate surface area is 188 Å². The Morgan fingerprint density at radius 3 is 2.72 bits per heavy atom. The van der Waals surface area contributed by atoms with E-state index < -0.39 is 5.60 Å². The molecule has 0 bridgehead atoms. The van der Waals surface area contributed by atoms with Crippen molar-refractivity contribution in [3.63, 3.8) is 0 Å². The van der Waals surface area contributed by atoms with Crippen molar-refractivity contribution in [2.45, 2.75) is 82.7 Å². The van der Waals surface area contributed by atoms with Gasteiger partial charge in [0, 0.05) is 31.7 Å². The first-order chi connectivity index (χ1) is 15.6. The number of nitrogens with zero attached hydrogens (tertiary/aromatic N) is 4. The van der Waals surface area contributed by atoms with E-state index in [9.17, 15) is 9.59 Å². The predicted molar refractivity (Wildman–Crippen MR) is 115 cm³/mol. The normalized spacial score (nSPS) is 26.8. The van der Waals surface area contributed by atoms with Gasteiger partial charge in [-0.3, -0.25) is 4.79 Å². The van der Waals surface area contributed by atoms with Gasteiger partial charge in [-0.1, -0.05) is 24.5 Å². The Kier molecular flexibility index (Phi) is 6.32. The molecule has 32 heavy (non-hydrogen) atoms. The SMILES string of the molecule is O=C(NCc1nnn2c1COC1(CCN(C(=O)NC3CCCCC3)C1)C2)C1CCOCC1. The van der Waals surface area contributed by atoms with Crippen LogP contribution in [0, 0.1) is 5.92 Å². The molecule has 1 saturated carbocycles. The molecule has 3 amide bonds. The van der Waals surface area contributed by atoms with E-state index in [0.29, 0.717) is 52.0 Å². The highest BCUT2D eigenvalue weighted by Gasteiger charge is 2.45. The van der Waals surface area contributed by atoms with E-state index in [2.05, 4.69) is 20.9 Å². The largest absolute Gasteiger partial charge is 0.381 e. The van der Waals surface area contributed by atoms with Gasteiger partial charge >= 0.3 is 6.03 Å². The number of ether oxygens (including phenoxy) is 2.